The van der Waals surface area contributed by atoms with Crippen LogP contribution in [0.15, 0.2) is 47.6 Å². The lowest BCUT2D eigenvalue weighted by Crippen LogP contribution is -2.60. The first-order valence-electron chi connectivity index (χ1n) is 12.0. The third kappa shape index (κ3) is 10.2. The van der Waals surface area contributed by atoms with Crippen LogP contribution in [0.4, 0.5) is 0 Å². The maximum absolute atomic E-state index is 10.8. The lowest BCUT2D eigenvalue weighted by Gasteiger charge is -2.42. The molecule has 0 bridgehead atoms. The van der Waals surface area contributed by atoms with E-state index in [0.29, 0.717) is 32.1 Å². The highest BCUT2D eigenvalue weighted by atomic mass is 16.7. The van der Waals surface area contributed by atoms with E-state index >= 15 is 0 Å². The van der Waals surface area contributed by atoms with E-state index in [1.54, 1.807) is 13.0 Å². The molecule has 0 aliphatic carbocycles. The van der Waals surface area contributed by atoms with Crippen LogP contribution in [0.5, 0.6) is 0 Å². The van der Waals surface area contributed by atoms with Crippen LogP contribution in [0, 0.1) is 0 Å². The van der Waals surface area contributed by atoms with Crippen molar-refractivity contribution in [1.29, 1.82) is 0 Å². The number of rotatable bonds is 15. The van der Waals surface area contributed by atoms with Crippen molar-refractivity contribution in [3.63, 3.8) is 0 Å². The van der Waals surface area contributed by atoms with E-state index in [1.165, 1.54) is 13.0 Å². The van der Waals surface area contributed by atoms with Crippen LogP contribution in [-0.4, -0.2) is 97.3 Å². The Morgan fingerprint density at radius 3 is 2.33 bits per heavy atom. The molecule has 0 spiro atoms. The van der Waals surface area contributed by atoms with Crippen molar-refractivity contribution in [2.24, 2.45) is 0 Å². The van der Waals surface area contributed by atoms with Crippen molar-refractivity contribution in [3.05, 3.63) is 47.6 Å². The van der Waals surface area contributed by atoms with Crippen molar-refractivity contribution < 1.29 is 50.0 Å². The number of aliphatic hydroxyl groups excluding tert-OH is 6. The molecular formula is C26H42O10. The Balaban J connectivity index is 2.65. The lowest BCUT2D eigenvalue weighted by molar-refractivity contribution is -0.319. The number of hydrogen-bond donors (Lipinski definition) is 7. The van der Waals surface area contributed by atoms with Gasteiger partial charge in [-0.3, -0.25) is 0 Å². The molecule has 0 amide bonds. The Hall–Kier alpha value is -1.89. The van der Waals surface area contributed by atoms with Gasteiger partial charge in [-0.2, -0.15) is 0 Å². The van der Waals surface area contributed by atoms with Gasteiger partial charge in [0.05, 0.1) is 24.9 Å². The number of allylic oxidation sites excluding steroid dienone is 2. The monoisotopic (exact) mass is 514 g/mol. The van der Waals surface area contributed by atoms with Crippen LogP contribution in [-0.2, 0) is 14.3 Å². The van der Waals surface area contributed by atoms with Gasteiger partial charge in [-0.25, -0.2) is 4.79 Å². The smallest absolute Gasteiger partial charge is 0.331 e. The van der Waals surface area contributed by atoms with Gasteiger partial charge in [-0.1, -0.05) is 23.8 Å². The summed E-state index contributed by atoms with van der Waals surface area (Å²) in [5, 5.41) is 68.0. The van der Waals surface area contributed by atoms with Crippen molar-refractivity contribution in [2.75, 3.05) is 13.2 Å². The zero-order valence-electron chi connectivity index (χ0n) is 21.3. The minimum atomic E-state index is -1.54. The minimum absolute atomic E-state index is 0.0860. The summed E-state index contributed by atoms with van der Waals surface area (Å²) >= 11 is 0. The fraction of sp³-hybridized carbons (Fsp3) is 0.654. The zero-order valence-corrected chi connectivity index (χ0v) is 21.3. The summed E-state index contributed by atoms with van der Waals surface area (Å²) < 4.78 is 11.3. The van der Waals surface area contributed by atoms with E-state index in [1.807, 2.05) is 19.1 Å². The second-order valence-electron chi connectivity index (χ2n) is 9.41. The molecule has 1 heterocycles. The highest BCUT2D eigenvalue weighted by Crippen LogP contribution is 2.29. The number of carboxylic acid groups (broad SMARTS) is 1. The van der Waals surface area contributed by atoms with Crippen LogP contribution in [0.3, 0.4) is 0 Å². The number of aliphatic carboxylic acids is 1. The van der Waals surface area contributed by atoms with Gasteiger partial charge < -0.3 is 45.2 Å². The van der Waals surface area contributed by atoms with Gasteiger partial charge in [0.1, 0.15) is 24.4 Å². The number of aliphatic hydroxyl groups is 6. The third-order valence-corrected chi connectivity index (χ3v) is 6.21. The van der Waals surface area contributed by atoms with E-state index in [0.717, 1.165) is 11.1 Å². The van der Waals surface area contributed by atoms with Gasteiger partial charge in [0.2, 0.25) is 0 Å². The Labute approximate surface area is 212 Å². The molecule has 0 radical (unpaired) electrons. The summed E-state index contributed by atoms with van der Waals surface area (Å²) in [5.41, 5.74) is 0.837. The highest BCUT2D eigenvalue weighted by Gasteiger charge is 2.45. The Morgan fingerprint density at radius 1 is 1.11 bits per heavy atom. The maximum atomic E-state index is 10.8. The van der Waals surface area contributed by atoms with Crippen LogP contribution < -0.4 is 0 Å². The van der Waals surface area contributed by atoms with Crippen LogP contribution in [0.2, 0.25) is 0 Å². The second kappa shape index (κ2) is 15.4. The van der Waals surface area contributed by atoms with E-state index < -0.39 is 55.0 Å². The molecular weight excluding hydrogens is 472 g/mol. The molecule has 0 saturated carbocycles. The van der Waals surface area contributed by atoms with Gasteiger partial charge in [0.25, 0.3) is 0 Å². The van der Waals surface area contributed by atoms with E-state index in [9.17, 15) is 35.4 Å². The van der Waals surface area contributed by atoms with Gasteiger partial charge in [0, 0.05) is 5.57 Å². The van der Waals surface area contributed by atoms with Gasteiger partial charge in [-0.15, -0.1) is 6.58 Å². The molecule has 10 nitrogen and oxygen atoms in total. The largest absolute Gasteiger partial charge is 0.478 e. The molecule has 0 aromatic heterocycles. The Kier molecular flexibility index (Phi) is 13.7. The average molecular weight is 515 g/mol. The summed E-state index contributed by atoms with van der Waals surface area (Å²) in [5.74, 6) is -1.07. The first-order valence-corrected chi connectivity index (χ1v) is 12.0. The zero-order chi connectivity index (χ0) is 27.5. The van der Waals surface area contributed by atoms with E-state index in [4.69, 9.17) is 14.6 Å². The molecule has 36 heavy (non-hydrogen) atoms. The summed E-state index contributed by atoms with van der Waals surface area (Å²) in [6.07, 6.45) is 1.39. The Morgan fingerprint density at radius 2 is 1.78 bits per heavy atom. The second-order valence-corrected chi connectivity index (χ2v) is 9.41. The summed E-state index contributed by atoms with van der Waals surface area (Å²) in [7, 11) is 0. The number of carbonyl (C=O) groups is 1. The predicted octanol–water partition coefficient (Wildman–Crippen LogP) is 0.955. The molecule has 7 atom stereocenters. The summed E-state index contributed by atoms with van der Waals surface area (Å²) in [4.78, 5) is 10.8. The number of ether oxygens (including phenoxy) is 2. The van der Waals surface area contributed by atoms with Gasteiger partial charge in [0.15, 0.2) is 6.29 Å². The van der Waals surface area contributed by atoms with Crippen LogP contribution in [0.1, 0.15) is 52.9 Å². The molecule has 1 aliphatic rings. The third-order valence-electron chi connectivity index (χ3n) is 6.21. The van der Waals surface area contributed by atoms with E-state index in [2.05, 4.69) is 6.58 Å². The molecule has 7 N–H and O–H groups in total. The average Bonchev–Trinajstić information content (AvgIpc) is 2.83. The predicted molar refractivity (Wildman–Crippen MR) is 133 cm³/mol. The van der Waals surface area contributed by atoms with Gasteiger partial charge in [-0.05, 0) is 64.5 Å². The molecule has 1 fully saturated rings. The SMILES string of the molecule is C=CC(C)(CCC=C(CO)CCC=C(C)CC(O)C=C(C)C(=O)O)OC1OC(CO)C(O)C(O)C1O. The topological polar surface area (TPSA) is 177 Å². The normalized spacial score (nSPS) is 28.5. The molecule has 1 saturated heterocycles. The molecule has 0 aromatic carbocycles. The van der Waals surface area contributed by atoms with Crippen LogP contribution in [0.25, 0.3) is 0 Å². The molecule has 206 valence electrons. The summed E-state index contributed by atoms with van der Waals surface area (Å²) in [6.45, 7) is 8.10. The fourth-order valence-electron chi connectivity index (χ4n) is 3.78. The molecule has 7 unspecified atom stereocenters. The molecule has 1 rings (SSSR count). The lowest BCUT2D eigenvalue weighted by atomic mass is 9.96. The number of hydrogen-bond acceptors (Lipinski definition) is 9. The molecule has 10 heteroatoms. The van der Waals surface area contributed by atoms with Crippen molar-refractivity contribution in [3.8, 4) is 0 Å². The number of carboxylic acids is 1. The summed E-state index contributed by atoms with van der Waals surface area (Å²) in [6, 6.07) is 0. The molecule has 1 aliphatic heterocycles. The maximum Gasteiger partial charge on any atom is 0.331 e. The standard InChI is InChI=1S/C26H42O10/c1-5-26(4,36-25-23(32)22(31)21(30)20(15-28)35-25)11-7-10-18(14-27)9-6-8-16(2)12-19(29)13-17(3)24(33)34/h5,8,10,13,19-23,25,27-32H,1,6-7,9,11-12,14-15H2,2-4H3,(H,33,34). The highest BCUT2D eigenvalue weighted by molar-refractivity contribution is 5.85. The van der Waals surface area contributed by atoms with Gasteiger partial charge >= 0.3 is 5.97 Å². The first kappa shape index (κ1) is 32.1. The first-order chi connectivity index (χ1) is 16.9. The fourth-order valence-corrected chi connectivity index (χ4v) is 3.78. The van der Waals surface area contributed by atoms with Crippen molar-refractivity contribution in [1.82, 2.24) is 0 Å². The van der Waals surface area contributed by atoms with Crippen molar-refractivity contribution >= 4 is 5.97 Å². The van der Waals surface area contributed by atoms with E-state index in [-0.39, 0.29) is 12.2 Å². The minimum Gasteiger partial charge on any atom is -0.478 e. The molecule has 0 aromatic rings. The Bertz CT molecular complexity index is 803. The van der Waals surface area contributed by atoms with Crippen LogP contribution >= 0.6 is 0 Å². The quantitative estimate of drug-likeness (QED) is 0.123. The van der Waals surface area contributed by atoms with Crippen molar-refractivity contribution in [2.45, 2.75) is 95.3 Å².